The molecule has 4 aromatic heterocycles. The van der Waals surface area contributed by atoms with Crippen LogP contribution in [0.1, 0.15) is 87.8 Å². The third kappa shape index (κ3) is 11.7. The lowest BCUT2D eigenvalue weighted by Crippen LogP contribution is -2.58. The molecule has 4 atom stereocenters. The van der Waals surface area contributed by atoms with E-state index >= 15 is 0 Å². The predicted octanol–water partition coefficient (Wildman–Crippen LogP) is 8.74. The van der Waals surface area contributed by atoms with Crippen LogP contribution in [-0.2, 0) is 19.1 Å². The number of hydrogen-bond donors (Lipinski definition) is 3. The number of nitrogens with one attached hydrogen (secondary N) is 2. The molecule has 354 valence electrons. The number of carbonyl (C=O) groups excluding carboxylic acids is 3. The highest BCUT2D eigenvalue weighted by molar-refractivity contribution is 9.10. The zero-order valence-corrected chi connectivity index (χ0v) is 41.8. The normalized spacial score (nSPS) is 15.9. The number of aliphatic hydroxyl groups excluding tert-OH is 1. The molecule has 0 bridgehead atoms. The maximum absolute atomic E-state index is 14.2. The van der Waals surface area contributed by atoms with Gasteiger partial charge in [0.05, 0.1) is 57.3 Å². The number of rotatable bonds is 18. The maximum Gasteiger partial charge on any atom is 0.246 e. The number of aliphatic hydroxyl groups is 1. The Hall–Kier alpha value is -5.75. The number of amides is 3. The van der Waals surface area contributed by atoms with Crippen LogP contribution in [0.15, 0.2) is 88.0 Å². The molecule has 15 nitrogen and oxygen atoms in total. The smallest absolute Gasteiger partial charge is 0.246 e. The molecule has 6 aromatic rings. The van der Waals surface area contributed by atoms with Crippen molar-refractivity contribution in [3.05, 3.63) is 112 Å². The Labute approximate surface area is 404 Å². The molecule has 5 heterocycles. The summed E-state index contributed by atoms with van der Waals surface area (Å²) in [6.07, 6.45) is 8.84. The number of imidazole rings is 1. The number of ether oxygens (including phenoxy) is 1. The van der Waals surface area contributed by atoms with Crippen LogP contribution >= 0.6 is 27.3 Å². The first-order valence-electron chi connectivity index (χ1n) is 22.6. The standard InChI is InChI=1S/C50H60BrN9O6S/c1-30(35-12-14-36(15-13-35)46-33(4)54-29-67-46)55-48(63)43-24-39(61)26-60(43)49(64)47(50(6,7)8)56-44(62)27-65-21-11-9-10-19-59(38-16-17-41(40(51)23-38)58-20-18-52-28-58)42-22-37(25-53-31(42)2)45-32(3)57-66-34(45)5/h12-18,20,22-23,25,28-30,39,43,47,61H,9-11,19,21,24,26-27H2,1-8H3,(H,55,63)(H,56,62)/t30-,39+,43-,47+/m0/s1. The molecule has 1 aliphatic rings. The summed E-state index contributed by atoms with van der Waals surface area (Å²) in [5, 5.41) is 20.8. The Morgan fingerprint density at radius 1 is 0.985 bits per heavy atom. The van der Waals surface area contributed by atoms with Crippen molar-refractivity contribution in [1.29, 1.82) is 0 Å². The highest BCUT2D eigenvalue weighted by Gasteiger charge is 2.44. The number of anilines is 2. The van der Waals surface area contributed by atoms with E-state index < -0.39 is 35.4 Å². The van der Waals surface area contributed by atoms with Gasteiger partial charge in [-0.25, -0.2) is 9.97 Å². The second kappa shape index (κ2) is 21.5. The first-order chi connectivity index (χ1) is 32.0. The van der Waals surface area contributed by atoms with E-state index in [1.54, 1.807) is 23.9 Å². The monoisotopic (exact) mass is 993 g/mol. The average molecular weight is 995 g/mol. The molecule has 17 heteroatoms. The van der Waals surface area contributed by atoms with Crippen molar-refractivity contribution in [2.75, 3.05) is 31.2 Å². The molecule has 0 spiro atoms. The molecule has 67 heavy (non-hydrogen) atoms. The van der Waals surface area contributed by atoms with E-state index in [2.05, 4.69) is 70.9 Å². The van der Waals surface area contributed by atoms with E-state index in [-0.39, 0.29) is 31.5 Å². The number of pyridine rings is 1. The number of benzene rings is 2. The van der Waals surface area contributed by atoms with Crippen molar-refractivity contribution in [2.24, 2.45) is 5.41 Å². The summed E-state index contributed by atoms with van der Waals surface area (Å²) in [7, 11) is 0. The van der Waals surface area contributed by atoms with Crippen molar-refractivity contribution in [3.63, 3.8) is 0 Å². The topological polar surface area (TPSA) is 181 Å². The zero-order chi connectivity index (χ0) is 48.0. The first-order valence-corrected chi connectivity index (χ1v) is 24.3. The Morgan fingerprint density at radius 2 is 1.76 bits per heavy atom. The fraction of sp³-hybridized carbons (Fsp3) is 0.420. The quantitative estimate of drug-likeness (QED) is 0.0701. The summed E-state index contributed by atoms with van der Waals surface area (Å²) in [6.45, 7) is 16.1. The van der Waals surface area contributed by atoms with Gasteiger partial charge in [-0.3, -0.25) is 19.4 Å². The van der Waals surface area contributed by atoms with Crippen LogP contribution in [0.25, 0.3) is 27.3 Å². The van der Waals surface area contributed by atoms with E-state index in [0.717, 1.165) is 84.3 Å². The van der Waals surface area contributed by atoms with E-state index in [1.165, 1.54) is 4.90 Å². The number of aromatic nitrogens is 5. The highest BCUT2D eigenvalue weighted by Crippen LogP contribution is 2.37. The molecular formula is C50H60BrN9O6S. The van der Waals surface area contributed by atoms with Gasteiger partial charge in [-0.2, -0.15) is 0 Å². The SMILES string of the molecule is Cc1ncc(-c2c(C)noc2C)cc1N(CCCCCOCC(=O)N[C@H](C(=O)N1C[C@H](O)C[C@H]1C(=O)N[C@@H](C)c1ccc(-c2scnc2C)cc1)C(C)(C)C)c1ccc(-n2ccnc2)c(Br)c1. The zero-order valence-electron chi connectivity index (χ0n) is 39.4. The second-order valence-electron chi connectivity index (χ2n) is 18.3. The van der Waals surface area contributed by atoms with Gasteiger partial charge in [0.25, 0.3) is 0 Å². The van der Waals surface area contributed by atoms with Gasteiger partial charge in [-0.05, 0) is 111 Å². The van der Waals surface area contributed by atoms with E-state index in [9.17, 15) is 19.5 Å². The highest BCUT2D eigenvalue weighted by atomic mass is 79.9. The van der Waals surface area contributed by atoms with Gasteiger partial charge in [0.1, 0.15) is 24.5 Å². The number of aryl methyl sites for hydroxylation is 4. The number of unbranched alkanes of at least 4 members (excludes halogenated alkanes) is 2. The lowest BCUT2D eigenvalue weighted by atomic mass is 9.85. The lowest BCUT2D eigenvalue weighted by Gasteiger charge is -2.35. The fourth-order valence-electron chi connectivity index (χ4n) is 8.52. The van der Waals surface area contributed by atoms with Gasteiger partial charge in [0.2, 0.25) is 17.7 Å². The number of nitrogens with zero attached hydrogens (tertiary/aromatic N) is 7. The number of β-amino-alcohol motifs (C(OH)–C–C–N with tert-alkyl or cyclic N) is 1. The van der Waals surface area contributed by atoms with Crippen LogP contribution in [0.3, 0.4) is 0 Å². The third-order valence-electron chi connectivity index (χ3n) is 12.2. The number of likely N-dealkylation sites (tertiary alicyclic amines) is 1. The molecule has 2 aromatic carbocycles. The van der Waals surface area contributed by atoms with Crippen LogP contribution in [0, 0.1) is 33.1 Å². The van der Waals surface area contributed by atoms with Crippen molar-refractivity contribution < 1.29 is 28.8 Å². The van der Waals surface area contributed by atoms with Crippen molar-refractivity contribution in [1.82, 2.24) is 40.2 Å². The molecular weight excluding hydrogens is 935 g/mol. The van der Waals surface area contributed by atoms with Gasteiger partial charge >= 0.3 is 0 Å². The van der Waals surface area contributed by atoms with Crippen molar-refractivity contribution in [3.8, 4) is 27.3 Å². The number of thiazole rings is 1. The van der Waals surface area contributed by atoms with E-state index in [1.807, 2.05) is 102 Å². The number of hydrogen-bond acceptors (Lipinski definition) is 12. The maximum atomic E-state index is 14.2. The van der Waals surface area contributed by atoms with Crippen molar-refractivity contribution >= 4 is 56.4 Å². The Bertz CT molecular complexity index is 2640. The molecule has 7 rings (SSSR count). The van der Waals surface area contributed by atoms with Crippen LogP contribution < -0.4 is 15.5 Å². The molecule has 0 aliphatic carbocycles. The minimum Gasteiger partial charge on any atom is -0.391 e. The number of carbonyl (C=O) groups is 3. The first kappa shape index (κ1) is 49.2. The predicted molar refractivity (Wildman–Crippen MR) is 263 cm³/mol. The van der Waals surface area contributed by atoms with E-state index in [4.69, 9.17) is 14.2 Å². The largest absolute Gasteiger partial charge is 0.391 e. The molecule has 0 radical (unpaired) electrons. The average Bonchev–Trinajstić information content (AvgIpc) is 4.12. The Kier molecular flexibility index (Phi) is 15.8. The van der Waals surface area contributed by atoms with Crippen LogP contribution in [0.5, 0.6) is 0 Å². The third-order valence-corrected chi connectivity index (χ3v) is 13.8. The van der Waals surface area contributed by atoms with E-state index in [0.29, 0.717) is 19.6 Å². The van der Waals surface area contributed by atoms with Gasteiger partial charge in [-0.15, -0.1) is 11.3 Å². The van der Waals surface area contributed by atoms with Crippen molar-refractivity contribution in [2.45, 2.75) is 105 Å². The van der Waals surface area contributed by atoms with Gasteiger partial charge in [0, 0.05) is 66.0 Å². The van der Waals surface area contributed by atoms with Crippen LogP contribution in [0.2, 0.25) is 0 Å². The van der Waals surface area contributed by atoms with Gasteiger partial charge in [-0.1, -0.05) is 50.2 Å². The summed E-state index contributed by atoms with van der Waals surface area (Å²) in [6, 6.07) is 14.1. The summed E-state index contributed by atoms with van der Waals surface area (Å²) in [5.74, 6) is -0.491. The Balaban J connectivity index is 0.932. The molecule has 0 unspecified atom stereocenters. The summed E-state index contributed by atoms with van der Waals surface area (Å²) >= 11 is 5.37. The minimum atomic E-state index is -0.960. The molecule has 0 saturated carbocycles. The van der Waals surface area contributed by atoms with Crippen LogP contribution in [0.4, 0.5) is 11.4 Å². The summed E-state index contributed by atoms with van der Waals surface area (Å²) < 4.78 is 14.2. The molecule has 1 fully saturated rings. The second-order valence-corrected chi connectivity index (χ2v) is 20.0. The summed E-state index contributed by atoms with van der Waals surface area (Å²) in [5.41, 5.74) is 10.5. The lowest BCUT2D eigenvalue weighted by molar-refractivity contribution is -0.144. The molecule has 3 amide bonds. The molecule has 1 saturated heterocycles. The van der Waals surface area contributed by atoms with Crippen LogP contribution in [-0.4, -0.2) is 96.9 Å². The molecule has 3 N–H and O–H groups in total. The van der Waals surface area contributed by atoms with Gasteiger partial charge < -0.3 is 39.4 Å². The Morgan fingerprint density at radius 3 is 2.42 bits per heavy atom. The summed E-state index contributed by atoms with van der Waals surface area (Å²) in [4.78, 5) is 59.4. The molecule has 1 aliphatic heterocycles. The minimum absolute atomic E-state index is 0.0125. The fourth-order valence-corrected chi connectivity index (χ4v) is 9.91. The van der Waals surface area contributed by atoms with Gasteiger partial charge in [0.15, 0.2) is 0 Å². The number of halogens is 1.